The Hall–Kier alpha value is -6.89. The van der Waals surface area contributed by atoms with Gasteiger partial charge in [0.15, 0.2) is 5.58 Å². The van der Waals surface area contributed by atoms with E-state index >= 15 is 0 Å². The molecule has 13 nitrogen and oxygen atoms in total. The number of aryl methyl sites for hydroxylation is 1. The van der Waals surface area contributed by atoms with Crippen LogP contribution < -0.4 is 16.2 Å². The number of nitrogens with zero attached hydrogens (tertiary/aromatic N) is 4. The first kappa shape index (κ1) is 37.9. The van der Waals surface area contributed by atoms with Gasteiger partial charge in [0.2, 0.25) is 11.7 Å². The van der Waals surface area contributed by atoms with Gasteiger partial charge in [0.1, 0.15) is 36.2 Å². The number of oxazole rings is 1. The average Bonchev–Trinajstić information content (AvgIpc) is 3.63. The number of anilines is 1. The summed E-state index contributed by atoms with van der Waals surface area (Å²) in [5, 5.41) is 5.23. The van der Waals surface area contributed by atoms with Crippen LogP contribution in [-0.4, -0.2) is 62.3 Å². The largest absolute Gasteiger partial charge is 0.444 e. The minimum atomic E-state index is -1.15. The highest BCUT2D eigenvalue weighted by molar-refractivity contribution is 6.01. The molecule has 0 aliphatic carbocycles. The summed E-state index contributed by atoms with van der Waals surface area (Å²) in [6.07, 6.45) is 0.426. The number of rotatable bonds is 14. The van der Waals surface area contributed by atoms with Gasteiger partial charge in [0, 0.05) is 30.6 Å². The molecule has 1 atom stereocenters. The highest BCUT2D eigenvalue weighted by Crippen LogP contribution is 2.22. The summed E-state index contributed by atoms with van der Waals surface area (Å²) in [7, 11) is 0. The fourth-order valence-electron chi connectivity index (χ4n) is 6.06. The lowest BCUT2D eigenvalue weighted by molar-refractivity contribution is -0.122. The lowest BCUT2D eigenvalue weighted by Crippen LogP contribution is -2.45. The van der Waals surface area contributed by atoms with Crippen LogP contribution in [0.1, 0.15) is 51.6 Å². The second kappa shape index (κ2) is 17.3. The van der Waals surface area contributed by atoms with Crippen LogP contribution in [0, 0.1) is 6.92 Å². The molecular formula is C42H40N6O7. The smallest absolute Gasteiger partial charge is 0.412 e. The number of aromatic nitrogens is 3. The van der Waals surface area contributed by atoms with Crippen molar-refractivity contribution in [2.45, 2.75) is 46.4 Å². The third-order valence-corrected chi connectivity index (χ3v) is 8.90. The summed E-state index contributed by atoms with van der Waals surface area (Å²) in [5.74, 6) is -1.53. The van der Waals surface area contributed by atoms with Crippen molar-refractivity contribution >= 4 is 40.5 Å². The molecule has 280 valence electrons. The lowest BCUT2D eigenvalue weighted by Gasteiger charge is -2.19. The predicted octanol–water partition coefficient (Wildman–Crippen LogP) is 6.20. The molecule has 3 amide bonds. The number of ether oxygens (including phenoxy) is 1. The molecule has 0 aliphatic rings. The topological polar surface area (TPSA) is 166 Å². The van der Waals surface area contributed by atoms with Gasteiger partial charge in [-0.3, -0.25) is 29.1 Å². The molecule has 2 N–H and O–H groups in total. The third-order valence-electron chi connectivity index (χ3n) is 8.90. The number of Topliss-reactive ketones (excluding diaryl/α,β-unsaturated/α-hetero) is 1. The molecule has 13 heteroatoms. The Kier molecular flexibility index (Phi) is 11.9. The Bertz CT molecular complexity index is 2390. The number of hydrogen-bond donors (Lipinski definition) is 2. The van der Waals surface area contributed by atoms with Crippen molar-refractivity contribution in [1.82, 2.24) is 24.8 Å². The zero-order chi connectivity index (χ0) is 38.9. The van der Waals surface area contributed by atoms with E-state index in [1.807, 2.05) is 81.4 Å². The maximum atomic E-state index is 14.1. The lowest BCUT2D eigenvalue weighted by atomic mass is 10.0. The van der Waals surface area contributed by atoms with Crippen molar-refractivity contribution in [3.63, 3.8) is 0 Å². The predicted molar refractivity (Wildman–Crippen MR) is 207 cm³/mol. The zero-order valence-corrected chi connectivity index (χ0v) is 30.7. The molecule has 0 radical (unpaired) electrons. The van der Waals surface area contributed by atoms with Crippen LogP contribution in [0.3, 0.4) is 0 Å². The average molecular weight is 741 g/mol. The molecule has 55 heavy (non-hydrogen) atoms. The Labute approximate surface area is 317 Å². The minimum absolute atomic E-state index is 0.0232. The monoisotopic (exact) mass is 740 g/mol. The first-order valence-corrected chi connectivity index (χ1v) is 17.9. The van der Waals surface area contributed by atoms with Gasteiger partial charge in [0.05, 0.1) is 6.20 Å². The Morgan fingerprint density at radius 3 is 2.27 bits per heavy atom. The molecule has 6 aromatic rings. The molecule has 0 spiro atoms. The van der Waals surface area contributed by atoms with Crippen LogP contribution in [0.15, 0.2) is 119 Å². The molecule has 0 saturated heterocycles. The van der Waals surface area contributed by atoms with E-state index in [1.54, 1.807) is 47.4 Å². The number of benzene rings is 4. The molecule has 6 rings (SSSR count). The fraction of sp³-hybridized carbons (Fsp3) is 0.214. The van der Waals surface area contributed by atoms with E-state index in [9.17, 15) is 24.0 Å². The Morgan fingerprint density at radius 2 is 1.58 bits per heavy atom. The number of fused-ring (bicyclic) bond motifs is 1. The van der Waals surface area contributed by atoms with Crippen LogP contribution in [0.25, 0.3) is 22.5 Å². The number of ketones is 1. The second-order valence-corrected chi connectivity index (χ2v) is 12.8. The Balaban J connectivity index is 1.28. The summed E-state index contributed by atoms with van der Waals surface area (Å²) in [5.41, 5.74) is 3.08. The van der Waals surface area contributed by atoms with Gasteiger partial charge in [-0.2, -0.15) is 0 Å². The van der Waals surface area contributed by atoms with Gasteiger partial charge < -0.3 is 19.4 Å². The van der Waals surface area contributed by atoms with Crippen molar-refractivity contribution in [2.24, 2.45) is 0 Å². The molecule has 0 bridgehead atoms. The van der Waals surface area contributed by atoms with Crippen LogP contribution in [-0.2, 0) is 29.1 Å². The molecule has 2 aromatic heterocycles. The molecule has 4 aromatic carbocycles. The number of nitrogens with one attached hydrogen (secondary N) is 2. The minimum Gasteiger partial charge on any atom is -0.444 e. The highest BCUT2D eigenvalue weighted by Gasteiger charge is 2.28. The molecular weight excluding hydrogens is 700 g/mol. The van der Waals surface area contributed by atoms with Crippen molar-refractivity contribution in [2.75, 3.05) is 18.4 Å². The second-order valence-electron chi connectivity index (χ2n) is 12.8. The van der Waals surface area contributed by atoms with Gasteiger partial charge >= 0.3 is 6.09 Å². The van der Waals surface area contributed by atoms with Gasteiger partial charge in [-0.1, -0.05) is 84.4 Å². The van der Waals surface area contributed by atoms with Crippen molar-refractivity contribution < 1.29 is 28.3 Å². The normalized spacial score (nSPS) is 11.5. The summed E-state index contributed by atoms with van der Waals surface area (Å²) in [6.45, 7) is 6.16. The van der Waals surface area contributed by atoms with Crippen LogP contribution >= 0.6 is 0 Å². The van der Waals surface area contributed by atoms with Crippen molar-refractivity contribution in [3.05, 3.63) is 148 Å². The first-order chi connectivity index (χ1) is 26.6. The fourth-order valence-corrected chi connectivity index (χ4v) is 6.06. The van der Waals surface area contributed by atoms with E-state index in [4.69, 9.17) is 9.15 Å². The van der Waals surface area contributed by atoms with Crippen molar-refractivity contribution in [3.8, 4) is 11.4 Å². The highest BCUT2D eigenvalue weighted by atomic mass is 16.5. The van der Waals surface area contributed by atoms with E-state index in [0.717, 1.165) is 21.3 Å². The Morgan fingerprint density at radius 1 is 0.873 bits per heavy atom. The van der Waals surface area contributed by atoms with E-state index < -0.39 is 35.9 Å². The van der Waals surface area contributed by atoms with E-state index in [2.05, 4.69) is 20.6 Å². The summed E-state index contributed by atoms with van der Waals surface area (Å²) < 4.78 is 12.3. The summed E-state index contributed by atoms with van der Waals surface area (Å²) in [4.78, 5) is 78.2. The zero-order valence-electron chi connectivity index (χ0n) is 30.7. The van der Waals surface area contributed by atoms with E-state index in [1.165, 1.54) is 6.20 Å². The van der Waals surface area contributed by atoms with Crippen LogP contribution in [0.5, 0.6) is 0 Å². The quantitative estimate of drug-likeness (QED) is 0.124. The van der Waals surface area contributed by atoms with Crippen LogP contribution in [0.4, 0.5) is 10.5 Å². The number of carbonyl (C=O) groups excluding carboxylic acids is 4. The van der Waals surface area contributed by atoms with Gasteiger partial charge in [0.25, 0.3) is 17.4 Å². The van der Waals surface area contributed by atoms with Gasteiger partial charge in [-0.15, -0.1) is 0 Å². The maximum Gasteiger partial charge on any atom is 0.412 e. The molecule has 0 aliphatic heterocycles. The molecule has 0 saturated carbocycles. The number of hydrogen-bond acceptors (Lipinski definition) is 9. The third kappa shape index (κ3) is 9.19. The first-order valence-electron chi connectivity index (χ1n) is 17.9. The van der Waals surface area contributed by atoms with Crippen LogP contribution in [0.2, 0.25) is 0 Å². The summed E-state index contributed by atoms with van der Waals surface area (Å²) >= 11 is 0. The standard InChI is InChI=1S/C42H40N6O7/c1-4-47(5-2)40(51)31-19-20-35-32(23-31)45-39(55-35)37(50)33(22-28-14-8-6-9-15-28)44-36(49)25-48-38(30-18-12-13-27(3)21-30)43-24-34(41(48)52)46-42(53)54-26-29-16-10-7-11-17-29/h6-21,23-24,33H,4-5,22,25-26H2,1-3H3,(H,44,49)(H,46,53). The van der Waals surface area contributed by atoms with E-state index in [0.29, 0.717) is 35.3 Å². The van der Waals surface area contributed by atoms with E-state index in [-0.39, 0.29) is 36.3 Å². The van der Waals surface area contributed by atoms with Crippen molar-refractivity contribution in [1.29, 1.82) is 0 Å². The van der Waals surface area contributed by atoms with Gasteiger partial charge in [-0.25, -0.2) is 14.8 Å². The molecule has 2 heterocycles. The number of amides is 3. The molecule has 0 fully saturated rings. The maximum absolute atomic E-state index is 14.1. The number of carbonyl (C=O) groups is 4. The summed E-state index contributed by atoms with van der Waals surface area (Å²) in [6, 6.07) is 29.0. The van der Waals surface area contributed by atoms with Gasteiger partial charge in [-0.05, 0) is 56.2 Å². The molecule has 1 unspecified atom stereocenters. The SMILES string of the molecule is CCN(CC)C(=O)c1ccc2oc(C(=O)C(Cc3ccccc3)NC(=O)Cn3c(-c4cccc(C)c4)ncc(NC(=O)OCc4ccccc4)c3=O)nc2c1.